The summed E-state index contributed by atoms with van der Waals surface area (Å²) >= 11 is 1.41. The van der Waals surface area contributed by atoms with Gasteiger partial charge in [0.05, 0.1) is 17.3 Å². The number of amides is 1. The van der Waals surface area contributed by atoms with Gasteiger partial charge in [-0.2, -0.15) is 0 Å². The van der Waals surface area contributed by atoms with Crippen molar-refractivity contribution in [1.82, 2.24) is 10.3 Å². The summed E-state index contributed by atoms with van der Waals surface area (Å²) in [5.41, 5.74) is 1.76. The maximum Gasteiger partial charge on any atom is 0.263 e. The van der Waals surface area contributed by atoms with E-state index < -0.39 is 0 Å². The van der Waals surface area contributed by atoms with Crippen molar-refractivity contribution in [1.29, 1.82) is 0 Å². The summed E-state index contributed by atoms with van der Waals surface area (Å²) in [7, 11) is 1.64. The lowest BCUT2D eigenvalue weighted by atomic mass is 10.2. The summed E-state index contributed by atoms with van der Waals surface area (Å²) in [6.07, 6.45) is 0. The normalized spacial score (nSPS) is 10.5. The third-order valence-electron chi connectivity index (χ3n) is 3.02. The molecule has 0 atom stereocenters. The number of benzene rings is 1. The fourth-order valence-electron chi connectivity index (χ4n) is 1.99. The second-order valence-electron chi connectivity index (χ2n) is 4.82. The number of carbonyl (C=O) groups is 1. The van der Waals surface area contributed by atoms with Crippen LogP contribution in [0.2, 0.25) is 0 Å². The molecule has 1 heterocycles. The lowest BCUT2D eigenvalue weighted by Gasteiger charge is -2.08. The SMILES string of the molecule is COCCOc1cccc(CNC(=O)c2sc(C)nc2C)c1. The smallest absolute Gasteiger partial charge is 0.263 e. The molecule has 2 aromatic rings. The number of nitrogens with zero attached hydrogens (tertiary/aromatic N) is 1. The topological polar surface area (TPSA) is 60.5 Å². The van der Waals surface area contributed by atoms with Gasteiger partial charge in [0.1, 0.15) is 17.2 Å². The highest BCUT2D eigenvalue weighted by Gasteiger charge is 2.13. The highest BCUT2D eigenvalue weighted by Crippen LogP contribution is 2.17. The summed E-state index contributed by atoms with van der Waals surface area (Å²) < 4.78 is 10.5. The van der Waals surface area contributed by atoms with E-state index >= 15 is 0 Å². The van der Waals surface area contributed by atoms with E-state index in [0.717, 1.165) is 22.0 Å². The summed E-state index contributed by atoms with van der Waals surface area (Å²) in [5.74, 6) is 0.683. The van der Waals surface area contributed by atoms with Crippen LogP contribution in [0.1, 0.15) is 25.9 Å². The molecular weight excluding hydrogens is 300 g/mol. The van der Waals surface area contributed by atoms with Gasteiger partial charge in [-0.25, -0.2) is 4.98 Å². The van der Waals surface area contributed by atoms with E-state index in [9.17, 15) is 4.79 Å². The van der Waals surface area contributed by atoms with E-state index in [0.29, 0.717) is 24.6 Å². The number of hydrogen-bond donors (Lipinski definition) is 1. The third-order valence-corrected chi connectivity index (χ3v) is 4.09. The molecule has 0 unspecified atom stereocenters. The first-order chi connectivity index (χ1) is 10.6. The Kier molecular flexibility index (Phi) is 5.91. The van der Waals surface area contributed by atoms with Crippen molar-refractivity contribution in [3.63, 3.8) is 0 Å². The Bertz CT molecular complexity index is 640. The molecule has 0 aliphatic carbocycles. The van der Waals surface area contributed by atoms with Crippen molar-refractivity contribution in [2.24, 2.45) is 0 Å². The lowest BCUT2D eigenvalue weighted by Crippen LogP contribution is -2.22. The lowest BCUT2D eigenvalue weighted by molar-refractivity contribution is 0.0954. The van der Waals surface area contributed by atoms with Crippen LogP contribution in [0, 0.1) is 13.8 Å². The van der Waals surface area contributed by atoms with Crippen molar-refractivity contribution in [3.8, 4) is 5.75 Å². The molecule has 0 saturated heterocycles. The molecule has 5 nitrogen and oxygen atoms in total. The van der Waals surface area contributed by atoms with E-state index in [1.807, 2.05) is 38.1 Å². The standard InChI is InChI=1S/C16H20N2O3S/c1-11-15(22-12(2)18-11)16(19)17-10-13-5-4-6-14(9-13)21-8-7-20-3/h4-6,9H,7-8,10H2,1-3H3,(H,17,19). The molecule has 0 bridgehead atoms. The zero-order valence-electron chi connectivity index (χ0n) is 13.0. The largest absolute Gasteiger partial charge is 0.491 e. The first kappa shape index (κ1) is 16.5. The average molecular weight is 320 g/mol. The van der Waals surface area contributed by atoms with Gasteiger partial charge in [-0.3, -0.25) is 4.79 Å². The van der Waals surface area contributed by atoms with Gasteiger partial charge in [-0.15, -0.1) is 11.3 Å². The third kappa shape index (κ3) is 4.54. The van der Waals surface area contributed by atoms with Crippen LogP contribution in [-0.2, 0) is 11.3 Å². The first-order valence-corrected chi connectivity index (χ1v) is 7.84. The molecule has 0 saturated carbocycles. The van der Waals surface area contributed by atoms with E-state index in [4.69, 9.17) is 9.47 Å². The number of carbonyl (C=O) groups excluding carboxylic acids is 1. The highest BCUT2D eigenvalue weighted by molar-refractivity contribution is 7.13. The van der Waals surface area contributed by atoms with E-state index in [1.54, 1.807) is 7.11 Å². The molecule has 1 amide bonds. The molecule has 1 N–H and O–H groups in total. The minimum absolute atomic E-state index is 0.0891. The van der Waals surface area contributed by atoms with Crippen molar-refractivity contribution in [3.05, 3.63) is 45.4 Å². The second-order valence-corrected chi connectivity index (χ2v) is 6.02. The minimum atomic E-state index is -0.0891. The van der Waals surface area contributed by atoms with E-state index in [2.05, 4.69) is 10.3 Å². The molecule has 0 spiro atoms. The van der Waals surface area contributed by atoms with Crippen LogP contribution in [0.25, 0.3) is 0 Å². The molecule has 0 aliphatic heterocycles. The van der Waals surface area contributed by atoms with Gasteiger partial charge >= 0.3 is 0 Å². The Morgan fingerprint density at radius 2 is 2.14 bits per heavy atom. The Morgan fingerprint density at radius 3 is 2.82 bits per heavy atom. The summed E-state index contributed by atoms with van der Waals surface area (Å²) in [6, 6.07) is 7.67. The Labute approximate surface area is 134 Å². The molecule has 118 valence electrons. The number of thiazole rings is 1. The van der Waals surface area contributed by atoms with Gasteiger partial charge in [-0.1, -0.05) is 12.1 Å². The summed E-state index contributed by atoms with van der Waals surface area (Å²) in [5, 5.41) is 3.81. The maximum atomic E-state index is 12.2. The highest BCUT2D eigenvalue weighted by atomic mass is 32.1. The number of aryl methyl sites for hydroxylation is 2. The second kappa shape index (κ2) is 7.91. The van der Waals surface area contributed by atoms with Gasteiger partial charge in [-0.05, 0) is 31.5 Å². The predicted octanol–water partition coefficient (Wildman–Crippen LogP) is 2.72. The van der Waals surface area contributed by atoms with Gasteiger partial charge in [0.2, 0.25) is 0 Å². The van der Waals surface area contributed by atoms with Gasteiger partial charge in [0.25, 0.3) is 5.91 Å². The van der Waals surface area contributed by atoms with Gasteiger partial charge < -0.3 is 14.8 Å². The molecular formula is C16H20N2O3S. The van der Waals surface area contributed by atoms with Crippen molar-refractivity contribution >= 4 is 17.2 Å². The van der Waals surface area contributed by atoms with Gasteiger partial charge in [0.15, 0.2) is 0 Å². The zero-order chi connectivity index (χ0) is 15.9. The van der Waals surface area contributed by atoms with E-state index in [1.165, 1.54) is 11.3 Å². The minimum Gasteiger partial charge on any atom is -0.491 e. The predicted molar refractivity (Wildman–Crippen MR) is 86.6 cm³/mol. The molecule has 0 aliphatic rings. The zero-order valence-corrected chi connectivity index (χ0v) is 13.8. The number of rotatable bonds is 7. The molecule has 1 aromatic heterocycles. The molecule has 0 radical (unpaired) electrons. The number of methoxy groups -OCH3 is 1. The van der Waals surface area contributed by atoms with Gasteiger partial charge in [0, 0.05) is 13.7 Å². The number of nitrogens with one attached hydrogen (secondary N) is 1. The quantitative estimate of drug-likeness (QED) is 0.797. The Hall–Kier alpha value is -1.92. The van der Waals surface area contributed by atoms with Crippen LogP contribution < -0.4 is 10.1 Å². The molecule has 6 heteroatoms. The number of hydrogen-bond acceptors (Lipinski definition) is 5. The molecule has 22 heavy (non-hydrogen) atoms. The Morgan fingerprint density at radius 1 is 1.32 bits per heavy atom. The van der Waals surface area contributed by atoms with Crippen molar-refractivity contribution in [2.45, 2.75) is 20.4 Å². The summed E-state index contributed by atoms with van der Waals surface area (Å²) in [6.45, 7) is 5.26. The monoisotopic (exact) mass is 320 g/mol. The summed E-state index contributed by atoms with van der Waals surface area (Å²) in [4.78, 5) is 17.1. The number of ether oxygens (including phenoxy) is 2. The van der Waals surface area contributed by atoms with Crippen LogP contribution in [0.3, 0.4) is 0 Å². The fourth-order valence-corrected chi connectivity index (χ4v) is 2.83. The maximum absolute atomic E-state index is 12.2. The van der Waals surface area contributed by atoms with Crippen molar-refractivity contribution < 1.29 is 14.3 Å². The van der Waals surface area contributed by atoms with Crippen molar-refractivity contribution in [2.75, 3.05) is 20.3 Å². The number of aromatic nitrogens is 1. The van der Waals surface area contributed by atoms with Crippen LogP contribution in [0.4, 0.5) is 0 Å². The van der Waals surface area contributed by atoms with E-state index in [-0.39, 0.29) is 5.91 Å². The van der Waals surface area contributed by atoms with Crippen LogP contribution in [0.15, 0.2) is 24.3 Å². The molecule has 0 fully saturated rings. The van der Waals surface area contributed by atoms with Crippen LogP contribution >= 0.6 is 11.3 Å². The van der Waals surface area contributed by atoms with Crippen LogP contribution in [-0.4, -0.2) is 31.2 Å². The average Bonchev–Trinajstić information content (AvgIpc) is 2.84. The first-order valence-electron chi connectivity index (χ1n) is 7.03. The Balaban J connectivity index is 1.92. The molecule has 2 rings (SSSR count). The molecule has 1 aromatic carbocycles. The fraction of sp³-hybridized carbons (Fsp3) is 0.375. The van der Waals surface area contributed by atoms with Crippen LogP contribution in [0.5, 0.6) is 5.75 Å².